The summed E-state index contributed by atoms with van der Waals surface area (Å²) in [4.78, 5) is 32.2. The van der Waals surface area contributed by atoms with Gasteiger partial charge in [0.15, 0.2) is 11.5 Å². The Bertz CT molecular complexity index is 1130. The highest BCUT2D eigenvalue weighted by Crippen LogP contribution is 2.34. The molecule has 1 aliphatic rings. The fraction of sp³-hybridized carbons (Fsp3) is 0.292. The fourth-order valence-electron chi connectivity index (χ4n) is 3.71. The van der Waals surface area contributed by atoms with Crippen LogP contribution in [0, 0.1) is 0 Å². The highest BCUT2D eigenvalue weighted by Gasteiger charge is 2.24. The summed E-state index contributed by atoms with van der Waals surface area (Å²) in [7, 11) is 3.04. The van der Waals surface area contributed by atoms with Crippen molar-refractivity contribution in [3.8, 4) is 11.5 Å². The molecule has 1 aromatic heterocycles. The zero-order chi connectivity index (χ0) is 22.5. The van der Waals surface area contributed by atoms with Gasteiger partial charge in [-0.1, -0.05) is 12.1 Å². The molecule has 2 amide bonds. The van der Waals surface area contributed by atoms with E-state index in [0.29, 0.717) is 35.8 Å². The Labute approximate surface area is 190 Å². The van der Waals surface area contributed by atoms with E-state index in [9.17, 15) is 9.59 Å². The molecule has 166 valence electrons. The van der Waals surface area contributed by atoms with E-state index in [1.54, 1.807) is 18.2 Å². The third kappa shape index (κ3) is 4.75. The van der Waals surface area contributed by atoms with Crippen LogP contribution in [-0.4, -0.2) is 49.0 Å². The van der Waals surface area contributed by atoms with Gasteiger partial charge in [0.25, 0.3) is 5.91 Å². The molecule has 1 N–H and O–H groups in total. The highest BCUT2D eigenvalue weighted by atomic mass is 32.1. The van der Waals surface area contributed by atoms with Gasteiger partial charge in [-0.3, -0.25) is 9.59 Å². The van der Waals surface area contributed by atoms with Crippen molar-refractivity contribution in [1.29, 1.82) is 0 Å². The molecule has 0 atom stereocenters. The van der Waals surface area contributed by atoms with Crippen molar-refractivity contribution in [2.45, 2.75) is 19.3 Å². The van der Waals surface area contributed by atoms with Crippen LogP contribution < -0.4 is 14.8 Å². The summed E-state index contributed by atoms with van der Waals surface area (Å²) in [5, 5.41) is 3.56. The van der Waals surface area contributed by atoms with Crippen LogP contribution in [-0.2, 0) is 4.79 Å². The monoisotopic (exact) mass is 451 g/mol. The van der Waals surface area contributed by atoms with E-state index < -0.39 is 0 Å². The maximum atomic E-state index is 13.2. The van der Waals surface area contributed by atoms with Crippen molar-refractivity contribution < 1.29 is 19.1 Å². The van der Waals surface area contributed by atoms with E-state index in [1.165, 1.54) is 31.6 Å². The Kier molecular flexibility index (Phi) is 6.70. The molecule has 0 radical (unpaired) electrons. The molecule has 1 fully saturated rings. The maximum Gasteiger partial charge on any atom is 0.256 e. The summed E-state index contributed by atoms with van der Waals surface area (Å²) < 4.78 is 11.8. The molecule has 1 aliphatic heterocycles. The minimum Gasteiger partial charge on any atom is -0.493 e. The van der Waals surface area contributed by atoms with Crippen LogP contribution in [0.4, 0.5) is 5.69 Å². The third-order valence-corrected chi connectivity index (χ3v) is 6.34. The molecule has 4 rings (SSSR count). The number of aromatic nitrogens is 1. The van der Waals surface area contributed by atoms with Gasteiger partial charge in [0, 0.05) is 25.2 Å². The first-order valence-electron chi connectivity index (χ1n) is 10.5. The lowest BCUT2D eigenvalue weighted by molar-refractivity contribution is -0.111. The van der Waals surface area contributed by atoms with Gasteiger partial charge in [-0.05, 0) is 43.5 Å². The van der Waals surface area contributed by atoms with E-state index in [0.717, 1.165) is 34.5 Å². The molecule has 0 aliphatic carbocycles. The molecule has 0 unspecified atom stereocenters. The van der Waals surface area contributed by atoms with Crippen molar-refractivity contribution in [1.82, 2.24) is 9.88 Å². The van der Waals surface area contributed by atoms with Crippen molar-refractivity contribution in [2.75, 3.05) is 32.6 Å². The second-order valence-corrected chi connectivity index (χ2v) is 8.51. The largest absolute Gasteiger partial charge is 0.493 e. The average molecular weight is 452 g/mol. The standard InChI is InChI=1S/C24H25N3O4S/c1-30-19-14-16(24(29)27-12-6-3-7-13-27)18(15-20(19)31-2)25-22(28)10-11-23-26-17-8-4-5-9-21(17)32-23/h4-5,8-11,14-15H,3,6-7,12-13H2,1-2H3,(H,25,28)/b11-10+. The van der Waals surface area contributed by atoms with E-state index in [1.807, 2.05) is 29.2 Å². The number of nitrogens with one attached hydrogen (secondary N) is 1. The Hall–Kier alpha value is -3.39. The fourth-order valence-corrected chi connectivity index (χ4v) is 4.58. The van der Waals surface area contributed by atoms with Crippen LogP contribution in [0.15, 0.2) is 42.5 Å². The summed E-state index contributed by atoms with van der Waals surface area (Å²) in [6, 6.07) is 11.1. The molecule has 0 bridgehead atoms. The lowest BCUT2D eigenvalue weighted by Gasteiger charge is -2.28. The van der Waals surface area contributed by atoms with Crippen LogP contribution in [0.1, 0.15) is 34.6 Å². The number of fused-ring (bicyclic) bond motifs is 1. The molecular formula is C24H25N3O4S. The summed E-state index contributed by atoms with van der Waals surface area (Å²) in [6.45, 7) is 1.41. The number of ether oxygens (including phenoxy) is 2. The Balaban J connectivity index is 1.58. The molecule has 1 saturated heterocycles. The number of rotatable bonds is 6. The van der Waals surface area contributed by atoms with E-state index >= 15 is 0 Å². The Morgan fingerprint density at radius 2 is 1.78 bits per heavy atom. The number of thiazole rings is 1. The lowest BCUT2D eigenvalue weighted by atomic mass is 10.1. The molecule has 8 heteroatoms. The number of benzene rings is 2. The second-order valence-electron chi connectivity index (χ2n) is 7.45. The van der Waals surface area contributed by atoms with Crippen LogP contribution >= 0.6 is 11.3 Å². The first-order chi connectivity index (χ1) is 15.6. The van der Waals surface area contributed by atoms with Gasteiger partial charge in [0.1, 0.15) is 5.01 Å². The number of para-hydroxylation sites is 1. The zero-order valence-corrected chi connectivity index (χ0v) is 18.9. The first-order valence-corrected chi connectivity index (χ1v) is 11.3. The van der Waals surface area contributed by atoms with Crippen molar-refractivity contribution in [3.05, 3.63) is 53.0 Å². The first kappa shape index (κ1) is 21.8. The van der Waals surface area contributed by atoms with Crippen LogP contribution in [0.25, 0.3) is 16.3 Å². The topological polar surface area (TPSA) is 80.8 Å². The molecule has 0 spiro atoms. The minimum atomic E-state index is -0.357. The maximum absolute atomic E-state index is 13.2. The molecule has 2 aromatic carbocycles. The van der Waals surface area contributed by atoms with E-state index in [2.05, 4.69) is 10.3 Å². The van der Waals surface area contributed by atoms with Crippen LogP contribution in [0.5, 0.6) is 11.5 Å². The Morgan fingerprint density at radius 3 is 2.50 bits per heavy atom. The van der Waals surface area contributed by atoms with Gasteiger partial charge >= 0.3 is 0 Å². The van der Waals surface area contributed by atoms with Gasteiger partial charge in [0.2, 0.25) is 5.91 Å². The lowest BCUT2D eigenvalue weighted by Crippen LogP contribution is -2.36. The summed E-state index contributed by atoms with van der Waals surface area (Å²) in [5.74, 6) is 0.393. The van der Waals surface area contributed by atoms with Gasteiger partial charge < -0.3 is 19.7 Å². The van der Waals surface area contributed by atoms with E-state index in [4.69, 9.17) is 9.47 Å². The number of nitrogens with zero attached hydrogens (tertiary/aromatic N) is 2. The molecule has 0 saturated carbocycles. The predicted octanol–water partition coefficient (Wildman–Crippen LogP) is 4.59. The minimum absolute atomic E-state index is 0.129. The second kappa shape index (κ2) is 9.82. The number of carbonyl (C=O) groups excluding carboxylic acids is 2. The molecule has 3 aromatic rings. The molecule has 7 nitrogen and oxygen atoms in total. The summed E-state index contributed by atoms with van der Waals surface area (Å²) in [5.41, 5.74) is 1.66. The van der Waals surface area contributed by atoms with Crippen molar-refractivity contribution in [2.24, 2.45) is 0 Å². The number of anilines is 1. The summed E-state index contributed by atoms with van der Waals surface area (Å²) in [6.07, 6.45) is 6.17. The number of piperidine rings is 1. The smallest absolute Gasteiger partial charge is 0.256 e. The van der Waals surface area contributed by atoms with Gasteiger partial charge in [-0.2, -0.15) is 0 Å². The normalized spacial score (nSPS) is 14.0. The number of amides is 2. The molecule has 2 heterocycles. The number of carbonyl (C=O) groups is 2. The van der Waals surface area contributed by atoms with Crippen molar-refractivity contribution in [3.63, 3.8) is 0 Å². The van der Waals surface area contributed by atoms with Crippen LogP contribution in [0.2, 0.25) is 0 Å². The van der Waals surface area contributed by atoms with Gasteiger partial charge in [0.05, 0.1) is 35.7 Å². The SMILES string of the molecule is COc1cc(NC(=O)/C=C/c2nc3ccccc3s2)c(C(=O)N2CCCCC2)cc1OC. The number of hydrogen-bond acceptors (Lipinski definition) is 6. The molecular weight excluding hydrogens is 426 g/mol. The number of likely N-dealkylation sites (tertiary alicyclic amines) is 1. The zero-order valence-electron chi connectivity index (χ0n) is 18.1. The van der Waals surface area contributed by atoms with E-state index in [-0.39, 0.29) is 11.8 Å². The summed E-state index contributed by atoms with van der Waals surface area (Å²) >= 11 is 1.51. The number of hydrogen-bond donors (Lipinski definition) is 1. The van der Waals surface area contributed by atoms with Gasteiger partial charge in [-0.15, -0.1) is 11.3 Å². The van der Waals surface area contributed by atoms with Gasteiger partial charge in [-0.25, -0.2) is 4.98 Å². The van der Waals surface area contributed by atoms with Crippen LogP contribution in [0.3, 0.4) is 0 Å². The van der Waals surface area contributed by atoms with Crippen molar-refractivity contribution >= 4 is 45.1 Å². The average Bonchev–Trinajstić information content (AvgIpc) is 3.25. The Morgan fingerprint density at radius 1 is 1.06 bits per heavy atom. The predicted molar refractivity (Wildman–Crippen MR) is 127 cm³/mol. The quantitative estimate of drug-likeness (QED) is 0.555. The highest BCUT2D eigenvalue weighted by molar-refractivity contribution is 7.19. The molecule has 32 heavy (non-hydrogen) atoms. The third-order valence-electron chi connectivity index (χ3n) is 5.34. The number of methoxy groups -OCH3 is 2.